The van der Waals surface area contributed by atoms with Crippen LogP contribution < -0.4 is 5.43 Å². The number of Topliss-reactive ketones (excluding diaryl/α,β-unsaturated/α-hetero) is 1. The van der Waals surface area contributed by atoms with E-state index in [0.717, 1.165) is 23.9 Å². The molecule has 1 N–H and O–H groups in total. The molecule has 0 aliphatic carbocycles. The average molecular weight is 498 g/mol. The lowest BCUT2D eigenvalue weighted by Crippen LogP contribution is -2.13. The SMILES string of the molecule is O=C(/C(=N\Nc1ccc([N+](=O)[O-])cc1)Sc1nnc(-c2ccc(Cl)cc2)o1)c1ccc(F)cc1. The van der Waals surface area contributed by atoms with Crippen molar-refractivity contribution in [2.45, 2.75) is 5.22 Å². The highest BCUT2D eigenvalue weighted by molar-refractivity contribution is 8.15. The van der Waals surface area contributed by atoms with E-state index in [0.29, 0.717) is 16.3 Å². The van der Waals surface area contributed by atoms with E-state index in [2.05, 4.69) is 20.7 Å². The molecule has 0 saturated carbocycles. The predicted octanol–water partition coefficient (Wildman–Crippen LogP) is 5.84. The van der Waals surface area contributed by atoms with Crippen molar-refractivity contribution in [3.63, 3.8) is 0 Å². The first kappa shape index (κ1) is 23.1. The Kier molecular flexibility index (Phi) is 6.95. The molecule has 0 atom stereocenters. The molecular formula is C22H13ClFN5O4S. The van der Waals surface area contributed by atoms with Gasteiger partial charge >= 0.3 is 0 Å². The Morgan fingerprint density at radius 2 is 1.71 bits per heavy atom. The number of carbonyl (C=O) groups is 1. The fourth-order valence-electron chi connectivity index (χ4n) is 2.66. The van der Waals surface area contributed by atoms with Crippen molar-refractivity contribution in [1.29, 1.82) is 0 Å². The van der Waals surface area contributed by atoms with Crippen LogP contribution in [0, 0.1) is 15.9 Å². The Morgan fingerprint density at radius 1 is 1.03 bits per heavy atom. The average Bonchev–Trinajstić information content (AvgIpc) is 3.31. The molecule has 0 aliphatic heterocycles. The van der Waals surface area contributed by atoms with Crippen molar-refractivity contribution in [2.75, 3.05) is 5.43 Å². The van der Waals surface area contributed by atoms with Gasteiger partial charge in [0.1, 0.15) is 5.82 Å². The van der Waals surface area contributed by atoms with Crippen LogP contribution in [-0.2, 0) is 0 Å². The number of hydrogen-bond donors (Lipinski definition) is 1. The summed E-state index contributed by atoms with van der Waals surface area (Å²) in [5.74, 6) is -0.794. The molecule has 0 unspecified atom stereocenters. The summed E-state index contributed by atoms with van der Waals surface area (Å²) in [6.45, 7) is 0. The lowest BCUT2D eigenvalue weighted by atomic mass is 10.1. The topological polar surface area (TPSA) is 124 Å². The third-order valence-electron chi connectivity index (χ3n) is 4.35. The number of nitro groups is 1. The fourth-order valence-corrected chi connectivity index (χ4v) is 3.46. The summed E-state index contributed by atoms with van der Waals surface area (Å²) in [6, 6.07) is 17.2. The Morgan fingerprint density at radius 3 is 2.35 bits per heavy atom. The van der Waals surface area contributed by atoms with E-state index < -0.39 is 16.5 Å². The van der Waals surface area contributed by atoms with E-state index in [1.165, 1.54) is 36.4 Å². The largest absolute Gasteiger partial charge is 0.411 e. The summed E-state index contributed by atoms with van der Waals surface area (Å²) in [5.41, 5.74) is 3.82. The summed E-state index contributed by atoms with van der Waals surface area (Å²) in [5, 5.41) is 23.4. The van der Waals surface area contributed by atoms with Gasteiger partial charge in [-0.05, 0) is 72.4 Å². The lowest BCUT2D eigenvalue weighted by Gasteiger charge is -2.05. The molecule has 0 saturated heterocycles. The number of nitro benzene ring substituents is 1. The molecule has 0 bridgehead atoms. The third-order valence-corrected chi connectivity index (χ3v) is 5.41. The zero-order chi connectivity index (χ0) is 24.1. The number of benzene rings is 3. The third kappa shape index (κ3) is 5.63. The van der Waals surface area contributed by atoms with Gasteiger partial charge in [-0.2, -0.15) is 5.10 Å². The molecule has 0 spiro atoms. The van der Waals surface area contributed by atoms with E-state index >= 15 is 0 Å². The highest BCUT2D eigenvalue weighted by atomic mass is 35.5. The first-order chi connectivity index (χ1) is 16.4. The number of non-ortho nitro benzene ring substituents is 1. The number of nitrogens with zero attached hydrogens (tertiary/aromatic N) is 4. The minimum absolute atomic E-state index is 0.0460. The Labute approximate surface area is 200 Å². The van der Waals surface area contributed by atoms with Crippen molar-refractivity contribution in [1.82, 2.24) is 10.2 Å². The van der Waals surface area contributed by atoms with Crippen LogP contribution >= 0.6 is 23.4 Å². The van der Waals surface area contributed by atoms with E-state index in [1.807, 2.05) is 0 Å². The lowest BCUT2D eigenvalue weighted by molar-refractivity contribution is -0.384. The van der Waals surface area contributed by atoms with Gasteiger partial charge in [0.05, 0.1) is 10.6 Å². The van der Waals surface area contributed by atoms with Gasteiger partial charge in [-0.3, -0.25) is 20.3 Å². The van der Waals surface area contributed by atoms with E-state index in [9.17, 15) is 19.3 Å². The summed E-state index contributed by atoms with van der Waals surface area (Å²) in [6.07, 6.45) is 0. The number of carbonyl (C=O) groups excluding carboxylic acids is 1. The van der Waals surface area contributed by atoms with Gasteiger partial charge in [-0.25, -0.2) is 4.39 Å². The molecule has 1 aromatic heterocycles. The number of anilines is 1. The minimum atomic E-state index is -0.528. The van der Waals surface area contributed by atoms with Crippen LogP contribution in [0.15, 0.2) is 87.5 Å². The van der Waals surface area contributed by atoms with Crippen LogP contribution in [0.4, 0.5) is 15.8 Å². The van der Waals surface area contributed by atoms with Crippen LogP contribution in [0.1, 0.15) is 10.4 Å². The fraction of sp³-hybridized carbons (Fsp3) is 0. The maximum Gasteiger partial charge on any atom is 0.283 e. The first-order valence-corrected chi connectivity index (χ1v) is 10.7. The Bertz CT molecular complexity index is 1360. The molecule has 4 rings (SSSR count). The van der Waals surface area contributed by atoms with Crippen molar-refractivity contribution < 1.29 is 18.5 Å². The van der Waals surface area contributed by atoms with Crippen LogP contribution in [0.5, 0.6) is 0 Å². The summed E-state index contributed by atoms with van der Waals surface area (Å²) < 4.78 is 18.9. The van der Waals surface area contributed by atoms with Gasteiger partial charge in [0.15, 0.2) is 5.04 Å². The van der Waals surface area contributed by atoms with E-state index in [1.54, 1.807) is 24.3 Å². The summed E-state index contributed by atoms with van der Waals surface area (Å²) >= 11 is 6.71. The zero-order valence-electron chi connectivity index (χ0n) is 17.0. The standard InChI is InChI=1S/C22H13ClFN5O4S/c23-15-5-1-14(2-6-15)20-26-28-22(33-20)34-21(19(30)13-3-7-16(24)8-4-13)27-25-17-9-11-18(12-10-17)29(31)32/h1-12,25H/b27-21+. The summed E-state index contributed by atoms with van der Waals surface area (Å²) in [7, 11) is 0. The van der Waals surface area contributed by atoms with Gasteiger partial charge in [0, 0.05) is 28.3 Å². The Hall–Kier alpha value is -4.09. The number of rotatable bonds is 7. The summed E-state index contributed by atoms with van der Waals surface area (Å²) in [4.78, 5) is 23.3. The van der Waals surface area contributed by atoms with Crippen LogP contribution in [0.3, 0.4) is 0 Å². The molecule has 0 aliphatic rings. The highest BCUT2D eigenvalue weighted by Crippen LogP contribution is 2.27. The smallest absolute Gasteiger partial charge is 0.283 e. The second-order valence-corrected chi connectivity index (χ2v) is 8.03. The number of hydrazone groups is 1. The maximum absolute atomic E-state index is 13.3. The Balaban J connectivity index is 1.60. The van der Waals surface area contributed by atoms with Crippen LogP contribution in [-0.4, -0.2) is 25.9 Å². The molecule has 0 radical (unpaired) electrons. The van der Waals surface area contributed by atoms with E-state index in [-0.39, 0.29) is 27.4 Å². The number of ketones is 1. The normalized spacial score (nSPS) is 11.3. The molecule has 9 nitrogen and oxygen atoms in total. The zero-order valence-corrected chi connectivity index (χ0v) is 18.6. The second kappa shape index (κ2) is 10.2. The second-order valence-electron chi connectivity index (χ2n) is 6.65. The molecule has 3 aromatic carbocycles. The van der Waals surface area contributed by atoms with Gasteiger partial charge in [0.25, 0.3) is 10.9 Å². The molecule has 170 valence electrons. The molecular weight excluding hydrogens is 485 g/mol. The molecule has 1 heterocycles. The number of halogens is 2. The molecule has 34 heavy (non-hydrogen) atoms. The number of aromatic nitrogens is 2. The maximum atomic E-state index is 13.3. The number of hydrogen-bond acceptors (Lipinski definition) is 9. The van der Waals surface area contributed by atoms with Crippen LogP contribution in [0.2, 0.25) is 5.02 Å². The molecule has 0 amide bonds. The van der Waals surface area contributed by atoms with Gasteiger partial charge in [-0.15, -0.1) is 10.2 Å². The molecule has 4 aromatic rings. The van der Waals surface area contributed by atoms with Crippen molar-refractivity contribution in [2.24, 2.45) is 5.10 Å². The van der Waals surface area contributed by atoms with Gasteiger partial charge in [0.2, 0.25) is 11.7 Å². The number of thioether (sulfide) groups is 1. The van der Waals surface area contributed by atoms with Crippen molar-refractivity contribution >= 4 is 45.6 Å². The molecule has 12 heteroatoms. The van der Waals surface area contributed by atoms with Crippen LogP contribution in [0.25, 0.3) is 11.5 Å². The predicted molar refractivity (Wildman–Crippen MR) is 125 cm³/mol. The van der Waals surface area contributed by atoms with Crippen molar-refractivity contribution in [3.8, 4) is 11.5 Å². The monoisotopic (exact) mass is 497 g/mol. The number of nitrogens with one attached hydrogen (secondary N) is 1. The molecule has 0 fully saturated rings. The van der Waals surface area contributed by atoms with Gasteiger partial charge < -0.3 is 4.42 Å². The van der Waals surface area contributed by atoms with Gasteiger partial charge in [-0.1, -0.05) is 11.6 Å². The first-order valence-electron chi connectivity index (χ1n) is 9.55. The minimum Gasteiger partial charge on any atom is -0.411 e. The quantitative estimate of drug-likeness (QED) is 0.0843. The highest BCUT2D eigenvalue weighted by Gasteiger charge is 2.20. The van der Waals surface area contributed by atoms with E-state index in [4.69, 9.17) is 16.0 Å². The van der Waals surface area contributed by atoms with Crippen molar-refractivity contribution in [3.05, 3.63) is 99.3 Å².